The van der Waals surface area contributed by atoms with Crippen LogP contribution in [0.2, 0.25) is 5.02 Å². The lowest BCUT2D eigenvalue weighted by atomic mass is 10.2. The molecule has 110 valence electrons. The van der Waals surface area contributed by atoms with Crippen LogP contribution in [0.5, 0.6) is 11.5 Å². The van der Waals surface area contributed by atoms with Crippen molar-refractivity contribution in [1.29, 1.82) is 0 Å². The number of carboxylic acids is 1. The molecule has 2 N–H and O–H groups in total. The summed E-state index contributed by atoms with van der Waals surface area (Å²) in [6, 6.07) is 6.32. The van der Waals surface area contributed by atoms with Crippen LogP contribution in [0.1, 0.15) is 10.5 Å². The number of rotatable bonds is 5. The van der Waals surface area contributed by atoms with Gasteiger partial charge in [0.05, 0.1) is 36.8 Å². The van der Waals surface area contributed by atoms with Gasteiger partial charge in [-0.3, -0.25) is 0 Å². The lowest BCUT2D eigenvalue weighted by Gasteiger charge is -2.13. The number of aromatic carboxylic acids is 1. The van der Waals surface area contributed by atoms with Gasteiger partial charge in [-0.05, 0) is 18.2 Å². The minimum atomic E-state index is -1.08. The van der Waals surface area contributed by atoms with Gasteiger partial charge in [-0.25, -0.2) is 9.78 Å². The van der Waals surface area contributed by atoms with E-state index >= 15 is 0 Å². The van der Waals surface area contributed by atoms with Crippen molar-refractivity contribution in [1.82, 2.24) is 4.98 Å². The predicted molar refractivity (Wildman–Crippen MR) is 79.0 cm³/mol. The third kappa shape index (κ3) is 3.35. The van der Waals surface area contributed by atoms with Gasteiger partial charge in [-0.2, -0.15) is 0 Å². The molecule has 0 radical (unpaired) electrons. The van der Waals surface area contributed by atoms with Crippen molar-refractivity contribution in [2.45, 2.75) is 0 Å². The van der Waals surface area contributed by atoms with E-state index < -0.39 is 5.97 Å². The van der Waals surface area contributed by atoms with Crippen molar-refractivity contribution in [2.75, 3.05) is 19.5 Å². The molecule has 0 atom stereocenters. The fourth-order valence-corrected chi connectivity index (χ4v) is 1.95. The maximum absolute atomic E-state index is 10.8. The van der Waals surface area contributed by atoms with Crippen molar-refractivity contribution >= 4 is 28.9 Å². The number of ether oxygens (including phenoxy) is 2. The summed E-state index contributed by atoms with van der Waals surface area (Å²) in [6.07, 6.45) is 1.42. The van der Waals surface area contributed by atoms with Crippen LogP contribution < -0.4 is 14.8 Å². The smallest absolute Gasteiger partial charge is 0.354 e. The van der Waals surface area contributed by atoms with Gasteiger partial charge in [-0.15, -0.1) is 0 Å². The molecule has 0 aliphatic carbocycles. The minimum Gasteiger partial charge on any atom is -0.495 e. The summed E-state index contributed by atoms with van der Waals surface area (Å²) in [5.41, 5.74) is 1.20. The molecule has 0 bridgehead atoms. The van der Waals surface area contributed by atoms with Crippen LogP contribution in [0.25, 0.3) is 0 Å². The minimum absolute atomic E-state index is 0.0275. The Morgan fingerprint density at radius 3 is 2.48 bits per heavy atom. The molecule has 2 rings (SSSR count). The molecular formula is C14H13ClN2O4. The van der Waals surface area contributed by atoms with Gasteiger partial charge in [-0.1, -0.05) is 11.6 Å². The Balaban J connectivity index is 2.30. The highest BCUT2D eigenvalue weighted by Crippen LogP contribution is 2.37. The van der Waals surface area contributed by atoms with E-state index in [0.29, 0.717) is 27.9 Å². The molecule has 1 heterocycles. The van der Waals surface area contributed by atoms with Crippen LogP contribution in [0.3, 0.4) is 0 Å². The number of anilines is 2. The number of hydrogen-bond acceptors (Lipinski definition) is 5. The second-order valence-corrected chi connectivity index (χ2v) is 4.46. The Bertz CT molecular complexity index is 659. The van der Waals surface area contributed by atoms with Crippen LogP contribution in [0.15, 0.2) is 30.5 Å². The van der Waals surface area contributed by atoms with Gasteiger partial charge in [0.1, 0.15) is 17.2 Å². The van der Waals surface area contributed by atoms with E-state index in [4.69, 9.17) is 26.2 Å². The molecule has 1 aromatic carbocycles. The molecule has 0 unspecified atom stereocenters. The van der Waals surface area contributed by atoms with Crippen LogP contribution in [0, 0.1) is 0 Å². The van der Waals surface area contributed by atoms with Crippen LogP contribution in [0.4, 0.5) is 11.4 Å². The Morgan fingerprint density at radius 1 is 1.24 bits per heavy atom. The molecule has 7 heteroatoms. The standard InChI is InChI=1S/C14H13ClN2O4/c1-20-12-6-13(21-2)11(5-9(12)15)17-8-3-4-10(14(18)19)16-7-8/h3-7,17H,1-2H3,(H,18,19). The average molecular weight is 309 g/mol. The number of benzene rings is 1. The Hall–Kier alpha value is -2.47. The zero-order valence-electron chi connectivity index (χ0n) is 11.4. The molecule has 0 aliphatic heterocycles. The monoisotopic (exact) mass is 308 g/mol. The number of halogens is 1. The number of pyridine rings is 1. The predicted octanol–water partition coefficient (Wildman–Crippen LogP) is 3.19. The van der Waals surface area contributed by atoms with E-state index in [-0.39, 0.29) is 5.69 Å². The van der Waals surface area contributed by atoms with Crippen molar-refractivity contribution < 1.29 is 19.4 Å². The fraction of sp³-hybridized carbons (Fsp3) is 0.143. The van der Waals surface area contributed by atoms with E-state index in [1.807, 2.05) is 0 Å². The quantitative estimate of drug-likeness (QED) is 0.883. The summed E-state index contributed by atoms with van der Waals surface area (Å²) in [4.78, 5) is 14.6. The Morgan fingerprint density at radius 2 is 1.95 bits per heavy atom. The lowest BCUT2D eigenvalue weighted by Crippen LogP contribution is -2.01. The van der Waals surface area contributed by atoms with E-state index in [1.165, 1.54) is 26.5 Å². The topological polar surface area (TPSA) is 80.7 Å². The molecule has 0 aliphatic rings. The Kier molecular flexibility index (Phi) is 4.49. The average Bonchev–Trinajstić information content (AvgIpc) is 2.48. The summed E-state index contributed by atoms with van der Waals surface area (Å²) >= 11 is 6.08. The second kappa shape index (κ2) is 6.32. The van der Waals surface area contributed by atoms with Crippen molar-refractivity contribution in [3.63, 3.8) is 0 Å². The van der Waals surface area contributed by atoms with E-state index in [2.05, 4.69) is 10.3 Å². The highest BCUT2D eigenvalue weighted by Gasteiger charge is 2.11. The van der Waals surface area contributed by atoms with Gasteiger partial charge in [0, 0.05) is 6.07 Å². The second-order valence-electron chi connectivity index (χ2n) is 4.05. The molecule has 0 saturated carbocycles. The van der Waals surface area contributed by atoms with Crippen LogP contribution >= 0.6 is 11.6 Å². The molecule has 0 amide bonds. The Labute approximate surface area is 126 Å². The lowest BCUT2D eigenvalue weighted by molar-refractivity contribution is 0.0690. The number of nitrogens with zero attached hydrogens (tertiary/aromatic N) is 1. The normalized spacial score (nSPS) is 10.0. The molecule has 21 heavy (non-hydrogen) atoms. The van der Waals surface area contributed by atoms with Crippen molar-refractivity contribution in [2.24, 2.45) is 0 Å². The summed E-state index contributed by atoms with van der Waals surface area (Å²) in [5, 5.41) is 12.3. The number of carbonyl (C=O) groups is 1. The summed E-state index contributed by atoms with van der Waals surface area (Å²) in [6.45, 7) is 0. The van der Waals surface area contributed by atoms with Gasteiger partial charge in [0.15, 0.2) is 0 Å². The fourth-order valence-electron chi connectivity index (χ4n) is 1.71. The molecule has 0 saturated heterocycles. The van der Waals surface area contributed by atoms with Gasteiger partial charge < -0.3 is 19.9 Å². The molecule has 0 fully saturated rings. The van der Waals surface area contributed by atoms with Crippen molar-refractivity contribution in [3.8, 4) is 11.5 Å². The summed E-state index contributed by atoms with van der Waals surface area (Å²) < 4.78 is 10.4. The largest absolute Gasteiger partial charge is 0.495 e. The molecular weight excluding hydrogens is 296 g/mol. The third-order valence-electron chi connectivity index (χ3n) is 2.74. The molecule has 6 nitrogen and oxygen atoms in total. The maximum atomic E-state index is 10.8. The van der Waals surface area contributed by atoms with E-state index in [0.717, 1.165) is 0 Å². The van der Waals surface area contributed by atoms with Crippen molar-refractivity contribution in [3.05, 3.63) is 41.2 Å². The molecule has 0 spiro atoms. The van der Waals surface area contributed by atoms with Crippen LogP contribution in [-0.4, -0.2) is 30.3 Å². The zero-order chi connectivity index (χ0) is 15.4. The highest BCUT2D eigenvalue weighted by molar-refractivity contribution is 6.32. The third-order valence-corrected chi connectivity index (χ3v) is 3.03. The first-order valence-electron chi connectivity index (χ1n) is 5.93. The first kappa shape index (κ1) is 14.9. The summed E-state index contributed by atoms with van der Waals surface area (Å²) in [5.74, 6) is -0.0383. The number of nitrogens with one attached hydrogen (secondary N) is 1. The van der Waals surface area contributed by atoms with Gasteiger partial charge in [0.25, 0.3) is 0 Å². The van der Waals surface area contributed by atoms with E-state index in [9.17, 15) is 4.79 Å². The number of hydrogen-bond donors (Lipinski definition) is 2. The maximum Gasteiger partial charge on any atom is 0.354 e. The molecule has 2 aromatic rings. The highest BCUT2D eigenvalue weighted by atomic mass is 35.5. The number of aromatic nitrogens is 1. The van der Waals surface area contributed by atoms with Crippen LogP contribution in [-0.2, 0) is 0 Å². The first-order chi connectivity index (χ1) is 10.0. The SMILES string of the molecule is COc1cc(OC)c(Nc2ccc(C(=O)O)nc2)cc1Cl. The first-order valence-corrected chi connectivity index (χ1v) is 6.31. The number of methoxy groups -OCH3 is 2. The van der Waals surface area contributed by atoms with Gasteiger partial charge >= 0.3 is 5.97 Å². The van der Waals surface area contributed by atoms with Gasteiger partial charge in [0.2, 0.25) is 0 Å². The number of carboxylic acid groups (broad SMARTS) is 1. The zero-order valence-corrected chi connectivity index (χ0v) is 12.1. The van der Waals surface area contributed by atoms with E-state index in [1.54, 1.807) is 18.2 Å². The molecule has 1 aromatic heterocycles. The summed E-state index contributed by atoms with van der Waals surface area (Å²) in [7, 11) is 3.04.